The van der Waals surface area contributed by atoms with Gasteiger partial charge in [0.05, 0.1) is 12.3 Å². The van der Waals surface area contributed by atoms with Crippen molar-refractivity contribution >= 4 is 33.2 Å². The fourth-order valence-electron chi connectivity index (χ4n) is 5.47. The second kappa shape index (κ2) is 12.9. The fourth-order valence-corrected chi connectivity index (χ4v) is 7.04. The van der Waals surface area contributed by atoms with Crippen LogP contribution in [-0.4, -0.2) is 56.1 Å². The van der Waals surface area contributed by atoms with Gasteiger partial charge < -0.3 is 16.4 Å². The first-order chi connectivity index (χ1) is 19.3. The summed E-state index contributed by atoms with van der Waals surface area (Å²) in [5.74, 6) is -3.87. The van der Waals surface area contributed by atoms with Gasteiger partial charge in [-0.2, -0.15) is 4.31 Å². The smallest absolute Gasteiger partial charge is 0.242 e. The van der Waals surface area contributed by atoms with Gasteiger partial charge >= 0.3 is 0 Å². The molecule has 0 unspecified atom stereocenters. The fraction of sp³-hybridized carbons (Fsp3) is 0.345. The second-order valence-electron chi connectivity index (χ2n) is 10.3. The summed E-state index contributed by atoms with van der Waals surface area (Å²) < 4.78 is 69.7. The van der Waals surface area contributed by atoms with Crippen LogP contribution in [0.2, 0.25) is 5.02 Å². The molecule has 3 aromatic carbocycles. The normalized spacial score (nSPS) is 19.5. The van der Waals surface area contributed by atoms with E-state index >= 15 is 4.39 Å². The van der Waals surface area contributed by atoms with Gasteiger partial charge in [-0.1, -0.05) is 29.8 Å². The molecule has 0 aliphatic carbocycles. The standard InChI is InChI=1S/C29H32ClF3N4O3S/c1-17-15-35-16-23(37(17)41(2,39)40)10-11-24-25(33)4-3-5-26(24)36-29(38)28(34)27(18-6-8-20(30)9-7-18)19-12-21(31)14-22(32)13-19/h3-9,12-14,17,23,27-28,35H,10-11,15-16,34H2,1-2H3,(H,36,38)/t17-,23-,27-,28-/m0/s1. The number of anilines is 1. The minimum atomic E-state index is -3.50. The van der Waals surface area contributed by atoms with Gasteiger partial charge in [0.15, 0.2) is 0 Å². The van der Waals surface area contributed by atoms with Crippen LogP contribution in [0, 0.1) is 17.5 Å². The highest BCUT2D eigenvalue weighted by atomic mass is 35.5. The van der Waals surface area contributed by atoms with Crippen molar-refractivity contribution in [2.75, 3.05) is 24.7 Å². The number of nitrogens with zero attached hydrogens (tertiary/aromatic N) is 1. The molecule has 1 heterocycles. The number of rotatable bonds is 9. The summed E-state index contributed by atoms with van der Waals surface area (Å²) in [5.41, 5.74) is 7.42. The van der Waals surface area contributed by atoms with Gasteiger partial charge in [-0.3, -0.25) is 4.79 Å². The molecule has 0 aromatic heterocycles. The number of piperazine rings is 1. The number of halogens is 4. The van der Waals surface area contributed by atoms with Crippen LogP contribution in [0.5, 0.6) is 0 Å². The maximum absolute atomic E-state index is 15.1. The van der Waals surface area contributed by atoms with Crippen LogP contribution >= 0.6 is 11.6 Å². The first-order valence-electron chi connectivity index (χ1n) is 13.1. The lowest BCUT2D eigenvalue weighted by Crippen LogP contribution is -2.58. The number of sulfonamides is 1. The Bertz CT molecular complexity index is 1490. The Hall–Kier alpha value is -2.96. The van der Waals surface area contributed by atoms with Crippen molar-refractivity contribution in [3.05, 3.63) is 99.8 Å². The molecule has 3 aromatic rings. The van der Waals surface area contributed by atoms with Crippen LogP contribution in [0.1, 0.15) is 36.0 Å². The Labute approximate surface area is 242 Å². The van der Waals surface area contributed by atoms with E-state index < -0.39 is 51.4 Å². The highest BCUT2D eigenvalue weighted by molar-refractivity contribution is 7.88. The van der Waals surface area contributed by atoms with Gasteiger partial charge in [0, 0.05) is 53.4 Å². The van der Waals surface area contributed by atoms with Gasteiger partial charge in [0.1, 0.15) is 17.5 Å². The zero-order chi connectivity index (χ0) is 29.9. The van der Waals surface area contributed by atoms with Crippen LogP contribution in [0.4, 0.5) is 18.9 Å². The lowest BCUT2D eigenvalue weighted by atomic mass is 9.84. The third kappa shape index (κ3) is 7.47. The van der Waals surface area contributed by atoms with Crippen LogP contribution < -0.4 is 16.4 Å². The van der Waals surface area contributed by atoms with Crippen molar-refractivity contribution < 1.29 is 26.4 Å². The molecule has 7 nitrogen and oxygen atoms in total. The predicted molar refractivity (Wildman–Crippen MR) is 154 cm³/mol. The number of hydrogen-bond donors (Lipinski definition) is 3. The highest BCUT2D eigenvalue weighted by Gasteiger charge is 2.35. The summed E-state index contributed by atoms with van der Waals surface area (Å²) in [4.78, 5) is 13.5. The maximum Gasteiger partial charge on any atom is 0.242 e. The predicted octanol–water partition coefficient (Wildman–Crippen LogP) is 4.41. The van der Waals surface area contributed by atoms with E-state index in [1.807, 2.05) is 0 Å². The van der Waals surface area contributed by atoms with Crippen LogP contribution in [0.15, 0.2) is 60.7 Å². The van der Waals surface area contributed by atoms with Gasteiger partial charge in [-0.15, -0.1) is 0 Å². The van der Waals surface area contributed by atoms with E-state index in [-0.39, 0.29) is 29.3 Å². The monoisotopic (exact) mass is 608 g/mol. The van der Waals surface area contributed by atoms with Gasteiger partial charge in [-0.25, -0.2) is 21.6 Å². The van der Waals surface area contributed by atoms with Gasteiger partial charge in [0.2, 0.25) is 15.9 Å². The van der Waals surface area contributed by atoms with Crippen LogP contribution in [0.3, 0.4) is 0 Å². The Morgan fingerprint density at radius 1 is 1.07 bits per heavy atom. The van der Waals surface area contributed by atoms with Crippen molar-refractivity contribution in [2.45, 2.75) is 43.8 Å². The van der Waals surface area contributed by atoms with E-state index in [0.29, 0.717) is 30.1 Å². The number of benzene rings is 3. The molecule has 0 bridgehead atoms. The first kappa shape index (κ1) is 31.0. The number of nitrogens with one attached hydrogen (secondary N) is 2. The maximum atomic E-state index is 15.1. The summed E-state index contributed by atoms with van der Waals surface area (Å²) in [7, 11) is -3.50. The minimum absolute atomic E-state index is 0.137. The van der Waals surface area contributed by atoms with Gasteiger partial charge in [-0.05, 0) is 67.3 Å². The first-order valence-corrected chi connectivity index (χ1v) is 15.3. The number of carbonyl (C=O) groups excluding carboxylic acids is 1. The average molecular weight is 609 g/mol. The summed E-state index contributed by atoms with van der Waals surface area (Å²) in [6.45, 7) is 2.72. The van der Waals surface area contributed by atoms with Crippen LogP contribution in [-0.2, 0) is 21.2 Å². The molecule has 1 saturated heterocycles. The SMILES string of the molecule is C[C@H]1CNC[C@H](CCc2c(F)cccc2NC(=O)[C@@H](N)[C@@H](c2ccc(Cl)cc2)c2cc(F)cc(F)c2)N1S(C)(=O)=O. The van der Waals surface area contributed by atoms with Crippen molar-refractivity contribution in [3.8, 4) is 0 Å². The molecule has 220 valence electrons. The third-order valence-electron chi connectivity index (χ3n) is 7.24. The third-order valence-corrected chi connectivity index (χ3v) is 8.91. The van der Waals surface area contributed by atoms with Gasteiger partial charge in [0.25, 0.3) is 0 Å². The quantitative estimate of drug-likeness (QED) is 0.334. The molecule has 4 atom stereocenters. The van der Waals surface area contributed by atoms with Crippen molar-refractivity contribution in [2.24, 2.45) is 5.73 Å². The molecule has 0 radical (unpaired) electrons. The molecule has 1 aliphatic rings. The van der Waals surface area contributed by atoms with E-state index in [9.17, 15) is 22.0 Å². The molecule has 12 heteroatoms. The number of amides is 1. The minimum Gasteiger partial charge on any atom is -0.324 e. The summed E-state index contributed by atoms with van der Waals surface area (Å²) >= 11 is 6.02. The number of hydrogen-bond acceptors (Lipinski definition) is 5. The largest absolute Gasteiger partial charge is 0.324 e. The molecule has 0 spiro atoms. The van der Waals surface area contributed by atoms with Crippen molar-refractivity contribution in [3.63, 3.8) is 0 Å². The Morgan fingerprint density at radius 3 is 2.37 bits per heavy atom. The number of nitrogens with two attached hydrogens (primary N) is 1. The zero-order valence-electron chi connectivity index (χ0n) is 22.6. The van der Waals surface area contributed by atoms with E-state index in [4.69, 9.17) is 17.3 Å². The van der Waals surface area contributed by atoms with E-state index in [1.165, 1.54) is 22.5 Å². The zero-order valence-corrected chi connectivity index (χ0v) is 24.2. The van der Waals surface area contributed by atoms with Crippen molar-refractivity contribution in [1.82, 2.24) is 9.62 Å². The lowest BCUT2D eigenvalue weighted by molar-refractivity contribution is -0.117. The Kier molecular flexibility index (Phi) is 9.76. The molecule has 1 fully saturated rings. The van der Waals surface area contributed by atoms with Crippen molar-refractivity contribution in [1.29, 1.82) is 0 Å². The molecular weight excluding hydrogens is 577 g/mol. The topological polar surface area (TPSA) is 105 Å². The molecule has 4 rings (SSSR count). The molecule has 41 heavy (non-hydrogen) atoms. The van der Waals surface area contributed by atoms with Crippen LogP contribution in [0.25, 0.3) is 0 Å². The molecule has 1 aliphatic heterocycles. The second-order valence-corrected chi connectivity index (χ2v) is 12.6. The highest BCUT2D eigenvalue weighted by Crippen LogP contribution is 2.31. The molecular formula is C29H32ClF3N4O3S. The summed E-state index contributed by atoms with van der Waals surface area (Å²) in [6, 6.07) is 11.5. The average Bonchev–Trinajstić information content (AvgIpc) is 2.88. The molecule has 1 amide bonds. The summed E-state index contributed by atoms with van der Waals surface area (Å²) in [6.07, 6.45) is 1.59. The van der Waals surface area contributed by atoms with E-state index in [1.54, 1.807) is 31.2 Å². The number of carbonyl (C=O) groups is 1. The Morgan fingerprint density at radius 2 is 1.73 bits per heavy atom. The molecule has 4 N–H and O–H groups in total. The lowest BCUT2D eigenvalue weighted by Gasteiger charge is -2.39. The molecule has 0 saturated carbocycles. The Balaban J connectivity index is 1.60. The van der Waals surface area contributed by atoms with E-state index in [0.717, 1.165) is 24.5 Å². The van der Waals surface area contributed by atoms with E-state index in [2.05, 4.69) is 10.6 Å². The summed E-state index contributed by atoms with van der Waals surface area (Å²) in [5, 5.41) is 6.32.